The summed E-state index contributed by atoms with van der Waals surface area (Å²) in [5, 5.41) is 7.08. The molecule has 0 spiro atoms. The molecular weight excluding hydrogens is 797 g/mol. The minimum Gasteiger partial charge on any atom is -0.455 e. The summed E-state index contributed by atoms with van der Waals surface area (Å²) in [6, 6.07) is 83.2. The Balaban J connectivity index is 1.14. The van der Waals surface area contributed by atoms with E-state index in [-0.39, 0.29) is 0 Å². The first-order valence-corrected chi connectivity index (χ1v) is 22.6. The van der Waals surface area contributed by atoms with Crippen LogP contribution in [0, 0.1) is 0 Å². The quantitative estimate of drug-likeness (QED) is 0.159. The minimum absolute atomic E-state index is 0.855. The lowest BCUT2D eigenvalue weighted by Crippen LogP contribution is -2.11. The van der Waals surface area contributed by atoms with E-state index in [1.165, 1.54) is 47.6 Å². The van der Waals surface area contributed by atoms with Crippen LogP contribution in [0.3, 0.4) is 0 Å². The smallest absolute Gasteiger partial charge is 0.145 e. The van der Waals surface area contributed by atoms with E-state index in [0.29, 0.717) is 0 Å². The van der Waals surface area contributed by atoms with Crippen LogP contribution in [0.1, 0.15) is 0 Å². The number of hydrogen-bond donors (Lipinski definition) is 0. The van der Waals surface area contributed by atoms with Gasteiger partial charge in [-0.25, -0.2) is 0 Å². The second-order valence-electron chi connectivity index (χ2n) is 16.4. The lowest BCUT2D eigenvalue weighted by atomic mass is 9.98. The second-order valence-corrected chi connectivity index (χ2v) is 17.4. The number of benzene rings is 10. The van der Waals surface area contributed by atoms with Gasteiger partial charge < -0.3 is 13.9 Å². The summed E-state index contributed by atoms with van der Waals surface area (Å²) in [5.74, 6) is 0. The molecule has 0 fully saturated rings. The molecule has 0 radical (unpaired) electrons. The maximum absolute atomic E-state index is 7.12. The summed E-state index contributed by atoms with van der Waals surface area (Å²) in [6.07, 6.45) is 0. The predicted octanol–water partition coefficient (Wildman–Crippen LogP) is 17.5. The topological polar surface area (TPSA) is 21.3 Å². The van der Waals surface area contributed by atoms with Crippen LogP contribution in [-0.4, -0.2) is 4.57 Å². The molecule has 0 aliphatic carbocycles. The summed E-state index contributed by atoms with van der Waals surface area (Å²) >= 11 is 1.88. The number of fused-ring (bicyclic) bond motifs is 9. The van der Waals surface area contributed by atoms with E-state index in [1.54, 1.807) is 0 Å². The molecule has 3 heterocycles. The van der Waals surface area contributed by atoms with E-state index in [2.05, 4.69) is 240 Å². The molecule has 10 aromatic carbocycles. The molecule has 300 valence electrons. The summed E-state index contributed by atoms with van der Waals surface area (Å²) in [7, 11) is 0. The van der Waals surface area contributed by atoms with Crippen LogP contribution in [0.2, 0.25) is 0 Å². The predicted molar refractivity (Wildman–Crippen MR) is 272 cm³/mol. The minimum atomic E-state index is 0.855. The molecule has 0 aliphatic heterocycles. The van der Waals surface area contributed by atoms with Crippen LogP contribution in [0.15, 0.2) is 235 Å². The van der Waals surface area contributed by atoms with Gasteiger partial charge in [0.25, 0.3) is 0 Å². The van der Waals surface area contributed by atoms with Crippen molar-refractivity contribution in [2.24, 2.45) is 0 Å². The van der Waals surface area contributed by atoms with Crippen molar-refractivity contribution in [1.29, 1.82) is 0 Å². The van der Waals surface area contributed by atoms with Crippen LogP contribution in [0.4, 0.5) is 17.1 Å². The molecule has 64 heavy (non-hydrogen) atoms. The van der Waals surface area contributed by atoms with Crippen molar-refractivity contribution in [2.45, 2.75) is 0 Å². The Bertz CT molecular complexity index is 3890. The molecular formula is C60H38N2OS. The molecule has 0 saturated heterocycles. The van der Waals surface area contributed by atoms with Crippen molar-refractivity contribution in [2.75, 3.05) is 4.90 Å². The zero-order valence-electron chi connectivity index (χ0n) is 34.7. The number of furan rings is 1. The van der Waals surface area contributed by atoms with Crippen LogP contribution < -0.4 is 4.90 Å². The molecule has 0 N–H and O–H groups in total. The Morgan fingerprint density at radius 1 is 0.375 bits per heavy atom. The largest absolute Gasteiger partial charge is 0.455 e. The standard InChI is InChI=1S/C60H38N2OS/c1-5-17-39(18-6-1)42-31-33-51-56(37-42)63-58-45(40-19-7-2-8-20-40)35-36-53(57(51)58)62(44-32-34-48-47-25-13-14-29-52(47)61(55(48)38-44)43-23-11-4-12-24-43)54-30-16-28-50-49-27-15-26-46(59(49)64-60(50)54)41-21-9-3-10-22-41/h1-38H. The molecule has 3 aromatic heterocycles. The molecule has 0 bridgehead atoms. The zero-order chi connectivity index (χ0) is 42.1. The first-order chi connectivity index (χ1) is 31.8. The summed E-state index contributed by atoms with van der Waals surface area (Å²) in [6.45, 7) is 0. The van der Waals surface area contributed by atoms with Gasteiger partial charge in [-0.15, -0.1) is 11.3 Å². The highest BCUT2D eigenvalue weighted by Gasteiger charge is 2.26. The Hall–Kier alpha value is -8.18. The fraction of sp³-hybridized carbons (Fsp3) is 0. The average molecular weight is 835 g/mol. The lowest BCUT2D eigenvalue weighted by molar-refractivity contribution is 0.670. The molecule has 0 saturated carbocycles. The van der Waals surface area contributed by atoms with E-state index in [4.69, 9.17) is 4.42 Å². The van der Waals surface area contributed by atoms with Gasteiger partial charge in [-0.2, -0.15) is 0 Å². The number of anilines is 3. The molecule has 0 atom stereocenters. The normalized spacial score (nSPS) is 11.8. The maximum Gasteiger partial charge on any atom is 0.145 e. The molecule has 0 aliphatic rings. The van der Waals surface area contributed by atoms with E-state index in [9.17, 15) is 0 Å². The third-order valence-corrected chi connectivity index (χ3v) is 14.1. The second kappa shape index (κ2) is 14.7. The van der Waals surface area contributed by atoms with E-state index >= 15 is 0 Å². The van der Waals surface area contributed by atoms with Gasteiger partial charge in [0.15, 0.2) is 0 Å². The Morgan fingerprint density at radius 3 is 1.75 bits per heavy atom. The van der Waals surface area contributed by atoms with Gasteiger partial charge in [-0.3, -0.25) is 0 Å². The van der Waals surface area contributed by atoms with Gasteiger partial charge in [-0.05, 0) is 88.5 Å². The number of aromatic nitrogens is 1. The zero-order valence-corrected chi connectivity index (χ0v) is 35.5. The third-order valence-electron chi connectivity index (χ3n) is 12.8. The van der Waals surface area contributed by atoms with Crippen molar-refractivity contribution in [1.82, 2.24) is 4.57 Å². The van der Waals surface area contributed by atoms with Gasteiger partial charge in [0.2, 0.25) is 0 Å². The number of hydrogen-bond acceptors (Lipinski definition) is 3. The number of thiophene rings is 1. The van der Waals surface area contributed by atoms with Gasteiger partial charge in [-0.1, -0.05) is 170 Å². The highest BCUT2D eigenvalue weighted by molar-refractivity contribution is 7.27. The summed E-state index contributed by atoms with van der Waals surface area (Å²) < 4.78 is 12.0. The third kappa shape index (κ3) is 5.73. The van der Waals surface area contributed by atoms with E-state index < -0.39 is 0 Å². The first-order valence-electron chi connectivity index (χ1n) is 21.8. The van der Waals surface area contributed by atoms with Gasteiger partial charge in [0.05, 0.1) is 32.5 Å². The number of nitrogens with zero attached hydrogens (tertiary/aromatic N) is 2. The van der Waals surface area contributed by atoms with Crippen molar-refractivity contribution in [3.05, 3.63) is 231 Å². The molecule has 4 heteroatoms. The maximum atomic E-state index is 7.12. The van der Waals surface area contributed by atoms with Gasteiger partial charge in [0, 0.05) is 48.6 Å². The Kier molecular flexibility index (Phi) is 8.40. The highest BCUT2D eigenvalue weighted by Crippen LogP contribution is 2.51. The highest BCUT2D eigenvalue weighted by atomic mass is 32.1. The van der Waals surface area contributed by atoms with Crippen LogP contribution in [0.25, 0.3) is 103 Å². The van der Waals surface area contributed by atoms with Gasteiger partial charge in [0.1, 0.15) is 11.2 Å². The lowest BCUT2D eigenvalue weighted by Gasteiger charge is -2.27. The molecule has 3 nitrogen and oxygen atoms in total. The number of rotatable bonds is 7. The van der Waals surface area contributed by atoms with Crippen molar-refractivity contribution >= 4 is 92.3 Å². The summed E-state index contributed by atoms with van der Waals surface area (Å²) in [5.41, 5.74) is 15.3. The van der Waals surface area contributed by atoms with E-state index in [1.807, 2.05) is 11.3 Å². The van der Waals surface area contributed by atoms with Crippen LogP contribution in [-0.2, 0) is 0 Å². The average Bonchev–Trinajstić information content (AvgIpc) is 4.05. The monoisotopic (exact) mass is 834 g/mol. The SMILES string of the molecule is c1ccc(-c2ccc3c(c2)oc2c(-c4ccccc4)ccc(N(c4ccc5c6ccccc6n(-c6ccccc6)c5c4)c4cccc5c4sc4c(-c6ccccc6)cccc45)c23)cc1. The Morgan fingerprint density at radius 2 is 0.984 bits per heavy atom. The fourth-order valence-corrected chi connectivity index (χ4v) is 11.2. The molecule has 13 aromatic rings. The van der Waals surface area contributed by atoms with Crippen molar-refractivity contribution in [3.63, 3.8) is 0 Å². The van der Waals surface area contributed by atoms with Crippen molar-refractivity contribution < 1.29 is 4.42 Å². The number of para-hydroxylation sites is 2. The molecule has 0 unspecified atom stereocenters. The first kappa shape index (κ1) is 36.5. The molecule has 13 rings (SSSR count). The Labute approximate surface area is 373 Å². The summed E-state index contributed by atoms with van der Waals surface area (Å²) in [4.78, 5) is 2.49. The fourth-order valence-electron chi connectivity index (χ4n) is 9.89. The van der Waals surface area contributed by atoms with Gasteiger partial charge >= 0.3 is 0 Å². The van der Waals surface area contributed by atoms with Crippen LogP contribution >= 0.6 is 11.3 Å². The van der Waals surface area contributed by atoms with Crippen LogP contribution in [0.5, 0.6) is 0 Å². The molecule has 0 amide bonds. The van der Waals surface area contributed by atoms with E-state index in [0.717, 1.165) is 72.5 Å². The van der Waals surface area contributed by atoms with Crippen molar-refractivity contribution in [3.8, 4) is 39.1 Å².